The third-order valence-corrected chi connectivity index (χ3v) is 4.92. The molecular weight excluding hydrogens is 316 g/mol. The van der Waals surface area contributed by atoms with Gasteiger partial charge in [-0.1, -0.05) is 44.2 Å². The van der Waals surface area contributed by atoms with Gasteiger partial charge in [-0.3, -0.25) is 9.78 Å². The van der Waals surface area contributed by atoms with Crippen LogP contribution in [0.5, 0.6) is 0 Å². The number of benzene rings is 1. The largest absolute Gasteiger partial charge is 0.340 e. The molecule has 2 heterocycles. The number of nitrogens with one attached hydrogen (secondary N) is 1. The summed E-state index contributed by atoms with van der Waals surface area (Å²) in [5.41, 5.74) is 3.00. The molecule has 2 aromatic heterocycles. The summed E-state index contributed by atoms with van der Waals surface area (Å²) >= 11 is 1.65. The van der Waals surface area contributed by atoms with E-state index in [1.807, 2.05) is 11.4 Å². The Labute approximate surface area is 146 Å². The molecule has 1 amide bonds. The van der Waals surface area contributed by atoms with Crippen LogP contribution in [0.2, 0.25) is 0 Å². The van der Waals surface area contributed by atoms with E-state index in [9.17, 15) is 4.79 Å². The van der Waals surface area contributed by atoms with E-state index in [4.69, 9.17) is 0 Å². The lowest BCUT2D eigenvalue weighted by Crippen LogP contribution is -2.28. The Bertz CT molecular complexity index is 780. The first-order chi connectivity index (χ1) is 11.6. The summed E-state index contributed by atoms with van der Waals surface area (Å²) in [6.45, 7) is 4.36. The molecule has 24 heavy (non-hydrogen) atoms. The Balaban J connectivity index is 1.88. The number of rotatable bonds is 5. The predicted octanol–water partition coefficient (Wildman–Crippen LogP) is 4.79. The highest BCUT2D eigenvalue weighted by atomic mass is 32.1. The average molecular weight is 336 g/mol. The Morgan fingerprint density at radius 1 is 1.00 bits per heavy atom. The predicted molar refractivity (Wildman–Crippen MR) is 98.4 cm³/mol. The summed E-state index contributed by atoms with van der Waals surface area (Å²) < 4.78 is 0. The van der Waals surface area contributed by atoms with Gasteiger partial charge in [0.05, 0.1) is 6.04 Å². The first-order valence-corrected chi connectivity index (χ1v) is 8.87. The number of aromatic nitrogens is 1. The van der Waals surface area contributed by atoms with E-state index in [0.717, 1.165) is 10.4 Å². The van der Waals surface area contributed by atoms with E-state index in [0.29, 0.717) is 11.5 Å². The molecule has 3 aromatic rings. The second kappa shape index (κ2) is 7.41. The van der Waals surface area contributed by atoms with Gasteiger partial charge in [-0.15, -0.1) is 11.3 Å². The second-order valence-corrected chi connectivity index (χ2v) is 6.96. The van der Waals surface area contributed by atoms with Gasteiger partial charge in [-0.05, 0) is 40.6 Å². The summed E-state index contributed by atoms with van der Waals surface area (Å²) in [6, 6.07) is 15.8. The van der Waals surface area contributed by atoms with Crippen molar-refractivity contribution in [2.75, 3.05) is 0 Å². The average Bonchev–Trinajstić information content (AvgIpc) is 3.14. The fourth-order valence-corrected chi connectivity index (χ4v) is 3.37. The molecular formula is C20H20N2OS. The minimum Gasteiger partial charge on any atom is -0.340 e. The molecule has 0 aliphatic carbocycles. The number of nitrogens with zero attached hydrogens (tertiary/aromatic N) is 1. The van der Waals surface area contributed by atoms with Crippen molar-refractivity contribution in [2.24, 2.45) is 0 Å². The van der Waals surface area contributed by atoms with Gasteiger partial charge >= 0.3 is 0 Å². The van der Waals surface area contributed by atoms with Crippen LogP contribution in [-0.4, -0.2) is 10.9 Å². The zero-order valence-electron chi connectivity index (χ0n) is 13.8. The molecule has 3 rings (SSSR count). The summed E-state index contributed by atoms with van der Waals surface area (Å²) in [7, 11) is 0. The monoisotopic (exact) mass is 336 g/mol. The van der Waals surface area contributed by atoms with E-state index in [2.05, 4.69) is 54.5 Å². The fourth-order valence-electron chi connectivity index (χ4n) is 2.57. The van der Waals surface area contributed by atoms with Crippen LogP contribution < -0.4 is 5.32 Å². The fraction of sp³-hybridized carbons (Fsp3) is 0.200. The third-order valence-electron chi connectivity index (χ3n) is 3.98. The maximum Gasteiger partial charge on any atom is 0.252 e. The molecule has 0 fully saturated rings. The van der Waals surface area contributed by atoms with Gasteiger partial charge in [0.15, 0.2) is 0 Å². The Morgan fingerprint density at radius 3 is 2.25 bits per heavy atom. The molecule has 0 bridgehead atoms. The van der Waals surface area contributed by atoms with Gasteiger partial charge in [0.1, 0.15) is 0 Å². The topological polar surface area (TPSA) is 42.0 Å². The van der Waals surface area contributed by atoms with Gasteiger partial charge in [0.2, 0.25) is 0 Å². The van der Waals surface area contributed by atoms with Crippen LogP contribution >= 0.6 is 11.3 Å². The molecule has 122 valence electrons. The smallest absolute Gasteiger partial charge is 0.252 e. The molecule has 1 aromatic carbocycles. The van der Waals surface area contributed by atoms with Gasteiger partial charge in [-0.2, -0.15) is 0 Å². The number of amides is 1. The molecule has 0 aliphatic rings. The standard InChI is InChI=1S/C20H20N2OS/c1-14(2)15-5-7-16(8-6-15)19(18-4-3-13-24-18)22-20(23)17-9-11-21-12-10-17/h3-14,19H,1-2H3,(H,22,23). The Morgan fingerprint density at radius 2 is 1.67 bits per heavy atom. The van der Waals surface area contributed by atoms with E-state index < -0.39 is 0 Å². The lowest BCUT2D eigenvalue weighted by molar-refractivity contribution is 0.0943. The molecule has 1 unspecified atom stereocenters. The van der Waals surface area contributed by atoms with Crippen molar-refractivity contribution in [3.8, 4) is 0 Å². The van der Waals surface area contributed by atoms with Crippen molar-refractivity contribution < 1.29 is 4.79 Å². The van der Waals surface area contributed by atoms with E-state index in [1.54, 1.807) is 35.9 Å². The molecule has 1 atom stereocenters. The highest BCUT2D eigenvalue weighted by Gasteiger charge is 2.19. The van der Waals surface area contributed by atoms with Crippen LogP contribution in [-0.2, 0) is 0 Å². The summed E-state index contributed by atoms with van der Waals surface area (Å²) in [4.78, 5) is 17.6. The van der Waals surface area contributed by atoms with Crippen molar-refractivity contribution in [2.45, 2.75) is 25.8 Å². The van der Waals surface area contributed by atoms with Crippen molar-refractivity contribution in [1.82, 2.24) is 10.3 Å². The molecule has 1 N–H and O–H groups in total. The molecule has 3 nitrogen and oxygen atoms in total. The van der Waals surface area contributed by atoms with Crippen molar-refractivity contribution >= 4 is 17.2 Å². The maximum atomic E-state index is 12.6. The first-order valence-electron chi connectivity index (χ1n) is 7.99. The Kier molecular flexibility index (Phi) is 5.06. The van der Waals surface area contributed by atoms with Crippen LogP contribution in [0.1, 0.15) is 52.2 Å². The summed E-state index contributed by atoms with van der Waals surface area (Å²) in [6.07, 6.45) is 3.26. The number of hydrogen-bond acceptors (Lipinski definition) is 3. The summed E-state index contributed by atoms with van der Waals surface area (Å²) in [5, 5.41) is 5.18. The molecule has 4 heteroatoms. The minimum absolute atomic E-state index is 0.0938. The van der Waals surface area contributed by atoms with Crippen molar-refractivity contribution in [3.05, 3.63) is 87.9 Å². The van der Waals surface area contributed by atoms with Crippen LogP contribution in [0.3, 0.4) is 0 Å². The maximum absolute atomic E-state index is 12.6. The van der Waals surface area contributed by atoms with E-state index in [-0.39, 0.29) is 11.9 Å². The zero-order valence-corrected chi connectivity index (χ0v) is 14.6. The number of carbonyl (C=O) groups excluding carboxylic acids is 1. The molecule has 0 saturated carbocycles. The Hall–Kier alpha value is -2.46. The van der Waals surface area contributed by atoms with E-state index in [1.165, 1.54) is 5.56 Å². The molecule has 0 spiro atoms. The van der Waals surface area contributed by atoms with Gasteiger partial charge in [0, 0.05) is 22.8 Å². The van der Waals surface area contributed by atoms with Crippen LogP contribution in [0, 0.1) is 0 Å². The highest BCUT2D eigenvalue weighted by molar-refractivity contribution is 7.10. The number of carbonyl (C=O) groups is 1. The van der Waals surface area contributed by atoms with Gasteiger partial charge in [-0.25, -0.2) is 0 Å². The normalized spacial score (nSPS) is 12.1. The molecule has 0 radical (unpaired) electrons. The third kappa shape index (κ3) is 3.71. The molecule has 0 saturated heterocycles. The zero-order chi connectivity index (χ0) is 16.9. The molecule has 0 aliphatic heterocycles. The highest BCUT2D eigenvalue weighted by Crippen LogP contribution is 2.27. The van der Waals surface area contributed by atoms with Crippen molar-refractivity contribution in [3.63, 3.8) is 0 Å². The first kappa shape index (κ1) is 16.4. The number of pyridine rings is 1. The number of thiophene rings is 1. The van der Waals surface area contributed by atoms with Gasteiger partial charge < -0.3 is 5.32 Å². The quantitative estimate of drug-likeness (QED) is 0.728. The van der Waals surface area contributed by atoms with Crippen LogP contribution in [0.25, 0.3) is 0 Å². The summed E-state index contributed by atoms with van der Waals surface area (Å²) in [5.74, 6) is 0.398. The lowest BCUT2D eigenvalue weighted by atomic mass is 9.98. The lowest BCUT2D eigenvalue weighted by Gasteiger charge is -2.19. The van der Waals surface area contributed by atoms with Crippen LogP contribution in [0.4, 0.5) is 0 Å². The van der Waals surface area contributed by atoms with Crippen molar-refractivity contribution in [1.29, 1.82) is 0 Å². The SMILES string of the molecule is CC(C)c1ccc(C(NC(=O)c2ccncc2)c2cccs2)cc1. The van der Waals surface area contributed by atoms with Gasteiger partial charge in [0.25, 0.3) is 5.91 Å². The van der Waals surface area contributed by atoms with Crippen LogP contribution in [0.15, 0.2) is 66.3 Å². The van der Waals surface area contributed by atoms with E-state index >= 15 is 0 Å². The minimum atomic E-state index is -0.146. The second-order valence-electron chi connectivity index (χ2n) is 5.98. The number of hydrogen-bond donors (Lipinski definition) is 1.